The predicted octanol–water partition coefficient (Wildman–Crippen LogP) is 11.2. The van der Waals surface area contributed by atoms with Gasteiger partial charge in [0.15, 0.2) is 0 Å². The van der Waals surface area contributed by atoms with Gasteiger partial charge in [-0.15, -0.1) is 22.7 Å². The summed E-state index contributed by atoms with van der Waals surface area (Å²) in [6, 6.07) is 46.7. The number of nitrogens with zero attached hydrogens (tertiary/aromatic N) is 2. The van der Waals surface area contributed by atoms with E-state index in [-0.39, 0.29) is 0 Å². The van der Waals surface area contributed by atoms with Gasteiger partial charge >= 0.3 is 0 Å². The molecule has 8 rings (SSSR count). The molecular weight excluding hydrogens is 549 g/mol. The second-order valence-electron chi connectivity index (χ2n) is 10.3. The van der Waals surface area contributed by atoms with E-state index in [1.807, 2.05) is 24.3 Å². The van der Waals surface area contributed by atoms with Crippen molar-refractivity contribution < 1.29 is 0 Å². The maximum Gasteiger partial charge on any atom is 0.100 e. The topological polar surface area (TPSA) is 47.6 Å². The zero-order valence-corrected chi connectivity index (χ0v) is 23.9. The summed E-state index contributed by atoms with van der Waals surface area (Å²) in [5, 5.41) is 25.5. The average Bonchev–Trinajstić information content (AvgIpc) is 3.62. The van der Waals surface area contributed by atoms with Crippen LogP contribution in [0.5, 0.6) is 0 Å². The molecule has 0 unspecified atom stereocenters. The fraction of sp³-hybridized carbons (Fsp3) is 0. The van der Waals surface area contributed by atoms with Crippen LogP contribution in [-0.4, -0.2) is 0 Å². The largest absolute Gasteiger partial charge is 0.192 e. The molecule has 0 atom stereocenters. The fourth-order valence-electron chi connectivity index (χ4n) is 6.07. The fourth-order valence-corrected chi connectivity index (χ4v) is 8.29. The zero-order valence-electron chi connectivity index (χ0n) is 22.3. The second kappa shape index (κ2) is 9.68. The third-order valence-electron chi connectivity index (χ3n) is 7.99. The molecule has 0 saturated heterocycles. The molecule has 2 aromatic heterocycles. The Bertz CT molecular complexity index is 2450. The standard InChI is InChI=1S/C38H20N2S2/c39-21-24-8-1-2-9-26(24)30-19-25(23-16-17-36-32(18-23)27-10-3-5-13-34(27)41-36)20-31(33(30)22-40)28-12-7-15-37-38(28)29-11-4-6-14-35(29)42-37/h1-20H. The molecule has 42 heavy (non-hydrogen) atoms. The molecule has 0 bridgehead atoms. The van der Waals surface area contributed by atoms with Crippen LogP contribution in [0.1, 0.15) is 11.1 Å². The molecule has 194 valence electrons. The second-order valence-corrected chi connectivity index (χ2v) is 12.5. The highest BCUT2D eigenvalue weighted by molar-refractivity contribution is 7.26. The molecule has 0 aliphatic heterocycles. The van der Waals surface area contributed by atoms with Gasteiger partial charge in [-0.05, 0) is 65.2 Å². The summed E-state index contributed by atoms with van der Waals surface area (Å²) < 4.78 is 4.93. The van der Waals surface area contributed by atoms with Crippen LogP contribution in [0.3, 0.4) is 0 Å². The first kappa shape index (κ1) is 24.5. The zero-order chi connectivity index (χ0) is 28.2. The van der Waals surface area contributed by atoms with Crippen molar-refractivity contribution in [3.8, 4) is 45.5 Å². The van der Waals surface area contributed by atoms with Gasteiger partial charge in [0.1, 0.15) is 6.07 Å². The molecule has 0 fully saturated rings. The van der Waals surface area contributed by atoms with E-state index in [0.717, 1.165) is 38.8 Å². The first-order valence-corrected chi connectivity index (χ1v) is 15.3. The number of rotatable bonds is 3. The lowest BCUT2D eigenvalue weighted by Gasteiger charge is -2.16. The molecule has 0 saturated carbocycles. The summed E-state index contributed by atoms with van der Waals surface area (Å²) in [7, 11) is 0. The molecular formula is C38H20N2S2. The Hall–Kier alpha value is -5.26. The number of fused-ring (bicyclic) bond motifs is 6. The number of hydrogen-bond acceptors (Lipinski definition) is 4. The minimum absolute atomic E-state index is 0.551. The highest BCUT2D eigenvalue weighted by atomic mass is 32.1. The predicted molar refractivity (Wildman–Crippen MR) is 178 cm³/mol. The van der Waals surface area contributed by atoms with E-state index in [9.17, 15) is 10.5 Å². The van der Waals surface area contributed by atoms with Crippen molar-refractivity contribution in [3.05, 3.63) is 132 Å². The monoisotopic (exact) mass is 568 g/mol. The van der Waals surface area contributed by atoms with Gasteiger partial charge in [0.2, 0.25) is 0 Å². The van der Waals surface area contributed by atoms with E-state index in [1.165, 1.54) is 35.0 Å². The van der Waals surface area contributed by atoms with Crippen molar-refractivity contribution in [2.75, 3.05) is 0 Å². The minimum Gasteiger partial charge on any atom is -0.192 e. The Labute approximate surface area is 250 Å². The molecule has 0 amide bonds. The molecule has 4 heteroatoms. The quantitative estimate of drug-likeness (QED) is 0.213. The van der Waals surface area contributed by atoms with Crippen molar-refractivity contribution >= 4 is 63.0 Å². The summed E-state index contributed by atoms with van der Waals surface area (Å²) in [5.74, 6) is 0. The number of thiophene rings is 2. The Balaban J connectivity index is 1.48. The maximum atomic E-state index is 10.7. The first-order chi connectivity index (χ1) is 20.7. The van der Waals surface area contributed by atoms with E-state index in [0.29, 0.717) is 11.1 Å². The van der Waals surface area contributed by atoms with Crippen molar-refractivity contribution in [3.63, 3.8) is 0 Å². The normalized spacial score (nSPS) is 11.3. The first-order valence-electron chi connectivity index (χ1n) is 13.6. The molecule has 2 heterocycles. The summed E-state index contributed by atoms with van der Waals surface area (Å²) in [4.78, 5) is 0. The molecule has 0 aliphatic carbocycles. The lowest BCUT2D eigenvalue weighted by molar-refractivity contribution is 1.45. The van der Waals surface area contributed by atoms with Crippen molar-refractivity contribution in [2.45, 2.75) is 0 Å². The van der Waals surface area contributed by atoms with Crippen LogP contribution in [0.25, 0.3) is 73.7 Å². The van der Waals surface area contributed by atoms with Gasteiger partial charge in [0.05, 0.1) is 17.2 Å². The van der Waals surface area contributed by atoms with Gasteiger partial charge in [-0.3, -0.25) is 0 Å². The summed E-state index contributed by atoms with van der Waals surface area (Å²) in [5.41, 5.74) is 6.67. The third-order valence-corrected chi connectivity index (χ3v) is 10.3. The smallest absolute Gasteiger partial charge is 0.100 e. The van der Waals surface area contributed by atoms with Gasteiger partial charge in [-0.25, -0.2) is 0 Å². The third kappa shape index (κ3) is 3.75. The van der Waals surface area contributed by atoms with E-state index in [4.69, 9.17) is 0 Å². The van der Waals surface area contributed by atoms with Gasteiger partial charge in [0.25, 0.3) is 0 Å². The molecule has 8 aromatic rings. The lowest BCUT2D eigenvalue weighted by atomic mass is 9.86. The highest BCUT2D eigenvalue weighted by Gasteiger charge is 2.20. The number of hydrogen-bond donors (Lipinski definition) is 0. The molecule has 2 nitrogen and oxygen atoms in total. The van der Waals surface area contributed by atoms with Crippen LogP contribution >= 0.6 is 22.7 Å². The highest BCUT2D eigenvalue weighted by Crippen LogP contribution is 2.45. The molecule has 0 N–H and O–H groups in total. The van der Waals surface area contributed by atoms with E-state index >= 15 is 0 Å². The number of nitriles is 2. The van der Waals surface area contributed by atoms with Crippen molar-refractivity contribution in [1.29, 1.82) is 10.5 Å². The summed E-state index contributed by atoms with van der Waals surface area (Å²) >= 11 is 3.57. The Kier molecular flexibility index (Phi) is 5.66. The van der Waals surface area contributed by atoms with Gasteiger partial charge in [-0.1, -0.05) is 72.8 Å². The van der Waals surface area contributed by atoms with Crippen molar-refractivity contribution in [1.82, 2.24) is 0 Å². The maximum absolute atomic E-state index is 10.7. The molecule has 0 spiro atoms. The Morgan fingerprint density at radius 3 is 1.86 bits per heavy atom. The Morgan fingerprint density at radius 1 is 0.429 bits per heavy atom. The van der Waals surface area contributed by atoms with Crippen LogP contribution in [0.2, 0.25) is 0 Å². The van der Waals surface area contributed by atoms with E-state index in [2.05, 4.69) is 109 Å². The van der Waals surface area contributed by atoms with E-state index < -0.39 is 0 Å². The number of benzene rings is 6. The lowest BCUT2D eigenvalue weighted by Crippen LogP contribution is -1.95. The van der Waals surface area contributed by atoms with Gasteiger partial charge < -0.3 is 0 Å². The molecule has 0 radical (unpaired) electrons. The summed E-state index contributed by atoms with van der Waals surface area (Å²) in [6.07, 6.45) is 0. The average molecular weight is 569 g/mol. The van der Waals surface area contributed by atoms with Crippen molar-refractivity contribution in [2.24, 2.45) is 0 Å². The van der Waals surface area contributed by atoms with E-state index in [1.54, 1.807) is 22.7 Å². The SMILES string of the molecule is N#Cc1ccccc1-c1cc(-c2ccc3sc4ccccc4c3c2)cc(-c2cccc3sc4ccccc4c23)c1C#N. The minimum atomic E-state index is 0.551. The Morgan fingerprint density at radius 2 is 1.05 bits per heavy atom. The van der Waals surface area contributed by atoms with Crippen LogP contribution in [0.4, 0.5) is 0 Å². The van der Waals surface area contributed by atoms with Crippen LogP contribution in [-0.2, 0) is 0 Å². The van der Waals surface area contributed by atoms with Gasteiger partial charge in [0, 0.05) is 57.0 Å². The molecule has 0 aliphatic rings. The van der Waals surface area contributed by atoms with Crippen LogP contribution in [0.15, 0.2) is 121 Å². The van der Waals surface area contributed by atoms with Crippen LogP contribution in [0, 0.1) is 22.7 Å². The van der Waals surface area contributed by atoms with Gasteiger partial charge in [-0.2, -0.15) is 10.5 Å². The van der Waals surface area contributed by atoms with Crippen LogP contribution < -0.4 is 0 Å². The summed E-state index contributed by atoms with van der Waals surface area (Å²) in [6.45, 7) is 0. The molecule has 6 aromatic carbocycles.